The monoisotopic (exact) mass is 573 g/mol. The van der Waals surface area contributed by atoms with Crippen LogP contribution in [0.25, 0.3) is 0 Å². The van der Waals surface area contributed by atoms with Crippen LogP contribution in [0.15, 0.2) is 86.1 Å². The maximum absolute atomic E-state index is 14.7. The number of hydrogen-bond acceptors (Lipinski definition) is 3. The molecular weight excluding hydrogens is 550 g/mol. The Bertz CT molecular complexity index is 1230. The minimum atomic E-state index is -4.76. The van der Waals surface area contributed by atoms with E-state index in [2.05, 4.69) is 4.99 Å². The Morgan fingerprint density at radius 1 is 1.11 bits per heavy atom. The number of allylic oxidation sites excluding steroid dienone is 1. The van der Waals surface area contributed by atoms with E-state index >= 15 is 0 Å². The molecule has 0 heterocycles. The number of benzene rings is 2. The summed E-state index contributed by atoms with van der Waals surface area (Å²) >= 11 is 14.6. The number of guanidine groups is 1. The molecule has 2 aromatic carbocycles. The number of rotatable bonds is 8. The highest BCUT2D eigenvalue weighted by Crippen LogP contribution is 2.60. The lowest BCUT2D eigenvalue weighted by atomic mass is 9.87. The van der Waals surface area contributed by atoms with Crippen LogP contribution in [0.4, 0.5) is 13.2 Å². The zero-order chi connectivity index (χ0) is 26.5. The Morgan fingerprint density at radius 3 is 2.44 bits per heavy atom. The van der Waals surface area contributed by atoms with Crippen LogP contribution in [0.2, 0.25) is 10.0 Å². The van der Waals surface area contributed by atoms with E-state index in [1.54, 1.807) is 48.5 Å². The molecule has 0 saturated heterocycles. The number of hydrogen-bond donors (Lipinski definition) is 2. The van der Waals surface area contributed by atoms with Gasteiger partial charge < -0.3 is 11.5 Å². The van der Waals surface area contributed by atoms with Gasteiger partial charge in [0.2, 0.25) is 0 Å². The summed E-state index contributed by atoms with van der Waals surface area (Å²) in [5.41, 5.74) is 10.2. The van der Waals surface area contributed by atoms with Crippen LogP contribution in [0, 0.1) is 0 Å². The van der Waals surface area contributed by atoms with Crippen LogP contribution in [-0.4, -0.2) is 22.1 Å². The van der Waals surface area contributed by atoms with Crippen molar-refractivity contribution in [3.8, 4) is 0 Å². The molecule has 4 N–H and O–H groups in total. The fraction of sp³-hybridized carbons (Fsp3) is 0.280. The van der Waals surface area contributed by atoms with Gasteiger partial charge in [-0.05, 0) is 55.7 Å². The molecule has 3 rings (SSSR count). The van der Waals surface area contributed by atoms with Gasteiger partial charge in [0.15, 0.2) is 5.96 Å². The van der Waals surface area contributed by atoms with Gasteiger partial charge in [-0.1, -0.05) is 60.3 Å². The first-order valence-corrected chi connectivity index (χ1v) is 13.4. The third-order valence-electron chi connectivity index (χ3n) is 5.31. The van der Waals surface area contributed by atoms with Gasteiger partial charge in [0, 0.05) is 20.4 Å². The second-order valence-corrected chi connectivity index (χ2v) is 11.9. The van der Waals surface area contributed by atoms with Crippen molar-refractivity contribution in [2.45, 2.75) is 52.7 Å². The Morgan fingerprint density at radius 2 is 1.83 bits per heavy atom. The van der Waals surface area contributed by atoms with Crippen LogP contribution in [0.5, 0.6) is 0 Å². The number of carbonyl (C=O) groups excluding carboxylic acids is 1. The number of nitrogens with two attached hydrogens (primary N) is 2. The maximum atomic E-state index is 14.7. The molecule has 2 aromatic rings. The van der Waals surface area contributed by atoms with Gasteiger partial charge in [0.1, 0.15) is 4.08 Å². The highest BCUT2D eigenvalue weighted by molar-refractivity contribution is 8.18. The molecule has 11 heteroatoms. The lowest BCUT2D eigenvalue weighted by molar-refractivity contribution is -0.114. The molecule has 0 bridgehead atoms. The van der Waals surface area contributed by atoms with E-state index < -0.39 is 27.7 Å². The summed E-state index contributed by atoms with van der Waals surface area (Å²) in [5, 5.41) is 0.730. The predicted molar refractivity (Wildman–Crippen MR) is 143 cm³/mol. The first-order valence-electron chi connectivity index (χ1n) is 11.0. The lowest BCUT2D eigenvalue weighted by Gasteiger charge is -2.40. The minimum Gasteiger partial charge on any atom is -0.370 e. The fourth-order valence-corrected chi connectivity index (χ4v) is 7.43. The van der Waals surface area contributed by atoms with E-state index in [-0.39, 0.29) is 12.0 Å². The van der Waals surface area contributed by atoms with Crippen molar-refractivity contribution >= 4 is 58.6 Å². The summed E-state index contributed by atoms with van der Waals surface area (Å²) in [7, 11) is 0. The van der Waals surface area contributed by atoms with E-state index in [0.29, 0.717) is 38.3 Å². The molecule has 0 radical (unpaired) electrons. The molecule has 1 aliphatic rings. The van der Waals surface area contributed by atoms with Crippen LogP contribution in [0.3, 0.4) is 0 Å². The summed E-state index contributed by atoms with van der Waals surface area (Å²) < 4.78 is 42.6. The molecule has 1 aliphatic carbocycles. The maximum Gasteiger partial charge on any atom is 0.414 e. The minimum absolute atomic E-state index is 0.0769. The molecule has 36 heavy (non-hydrogen) atoms. The van der Waals surface area contributed by atoms with Gasteiger partial charge in [-0.25, -0.2) is 0 Å². The summed E-state index contributed by atoms with van der Waals surface area (Å²) in [4.78, 5) is 17.4. The Labute approximate surface area is 226 Å². The van der Waals surface area contributed by atoms with E-state index in [0.717, 1.165) is 36.0 Å². The van der Waals surface area contributed by atoms with Gasteiger partial charge in [0.25, 0.3) is 5.91 Å². The average Bonchev–Trinajstić information content (AvgIpc) is 2.78. The Hall–Kier alpha value is -2.07. The van der Waals surface area contributed by atoms with E-state index in [9.17, 15) is 18.0 Å². The van der Waals surface area contributed by atoms with Crippen molar-refractivity contribution in [1.29, 1.82) is 0 Å². The number of nitrogens with zero attached hydrogens (tertiary/aromatic N) is 1. The van der Waals surface area contributed by atoms with E-state index in [1.807, 2.05) is 6.92 Å². The number of aliphatic imine (C=N–C) groups is 1. The second-order valence-electron chi connectivity index (χ2n) is 8.04. The van der Waals surface area contributed by atoms with Crippen molar-refractivity contribution in [3.63, 3.8) is 0 Å². The number of thioether (sulfide) groups is 2. The van der Waals surface area contributed by atoms with Crippen LogP contribution in [0.1, 0.15) is 32.6 Å². The van der Waals surface area contributed by atoms with E-state index in [4.69, 9.17) is 34.7 Å². The van der Waals surface area contributed by atoms with Crippen molar-refractivity contribution in [2.75, 3.05) is 0 Å². The Balaban J connectivity index is 2.26. The summed E-state index contributed by atoms with van der Waals surface area (Å²) in [6.45, 7) is 1.96. The zero-order valence-electron chi connectivity index (χ0n) is 19.2. The molecular formula is C25H24Cl2F3N3OS2. The molecule has 0 aliphatic heterocycles. The van der Waals surface area contributed by atoms with Crippen LogP contribution < -0.4 is 11.5 Å². The molecule has 0 spiro atoms. The largest absolute Gasteiger partial charge is 0.414 e. The molecule has 0 aromatic heterocycles. The highest BCUT2D eigenvalue weighted by Gasteiger charge is 2.52. The van der Waals surface area contributed by atoms with Crippen molar-refractivity contribution in [1.82, 2.24) is 0 Å². The number of carbonyl (C=O) groups is 1. The fourth-order valence-electron chi connectivity index (χ4n) is 3.76. The third-order valence-corrected chi connectivity index (χ3v) is 8.95. The highest BCUT2D eigenvalue weighted by atomic mass is 35.5. The van der Waals surface area contributed by atoms with Gasteiger partial charge in [-0.15, -0.1) is 23.5 Å². The smallest absolute Gasteiger partial charge is 0.370 e. The van der Waals surface area contributed by atoms with Crippen LogP contribution >= 0.6 is 46.7 Å². The normalized spacial score (nSPS) is 18.1. The van der Waals surface area contributed by atoms with Crippen LogP contribution in [-0.2, 0) is 4.79 Å². The molecule has 1 unspecified atom stereocenters. The first-order chi connectivity index (χ1) is 16.9. The lowest BCUT2D eigenvalue weighted by Crippen LogP contribution is -2.36. The summed E-state index contributed by atoms with van der Waals surface area (Å²) in [5.74, 6) is -1.41. The molecule has 1 amide bonds. The first kappa shape index (κ1) is 28.5. The molecule has 1 atom stereocenters. The van der Waals surface area contributed by atoms with Crippen molar-refractivity contribution in [3.05, 3.63) is 81.4 Å². The Kier molecular flexibility index (Phi) is 9.49. The van der Waals surface area contributed by atoms with Crippen molar-refractivity contribution < 1.29 is 18.0 Å². The molecule has 0 fully saturated rings. The summed E-state index contributed by atoms with van der Waals surface area (Å²) in [6, 6.07) is 13.4. The zero-order valence-corrected chi connectivity index (χ0v) is 22.4. The SMILES string of the molecule is CCCCC1=C(C(=O)N=C(N)N)C=C(C(F)(F)F)C(Sc2cccc(Cl)c2)(Sc2ccccc2Cl)C1. The molecule has 0 saturated carbocycles. The van der Waals surface area contributed by atoms with Gasteiger partial charge in [-0.3, -0.25) is 4.79 Å². The third kappa shape index (κ3) is 7.03. The number of amides is 1. The number of halogens is 5. The molecule has 192 valence electrons. The van der Waals surface area contributed by atoms with Gasteiger partial charge in [-0.2, -0.15) is 18.2 Å². The summed E-state index contributed by atoms with van der Waals surface area (Å²) in [6.07, 6.45) is -2.07. The second kappa shape index (κ2) is 12.0. The van der Waals surface area contributed by atoms with Gasteiger partial charge >= 0.3 is 6.18 Å². The quantitative estimate of drug-likeness (QED) is 0.191. The van der Waals surface area contributed by atoms with Crippen molar-refractivity contribution in [2.24, 2.45) is 16.5 Å². The molecule has 4 nitrogen and oxygen atoms in total. The number of alkyl halides is 3. The van der Waals surface area contributed by atoms with E-state index in [1.165, 1.54) is 0 Å². The predicted octanol–water partition coefficient (Wildman–Crippen LogP) is 7.75. The number of unbranched alkanes of at least 4 members (excludes halogenated alkanes) is 1. The topological polar surface area (TPSA) is 81.5 Å². The standard InChI is InChI=1S/C25H24Cl2F3N3OS2/c1-2-3-7-15-14-24(35-17-9-6-8-16(26)12-17,36-20-11-5-4-10-19(20)27)21(25(28,29)30)13-18(15)22(34)33-23(31)32/h4-6,8-13H,2-3,7,14H2,1H3,(H4,31,32,33,34). The van der Waals surface area contributed by atoms with Gasteiger partial charge in [0.05, 0.1) is 10.6 Å². The average molecular weight is 575 g/mol.